The third-order valence-corrected chi connectivity index (χ3v) is 4.08. The molecule has 0 aromatic heterocycles. The fraction of sp³-hybridized carbons (Fsp3) is 0.278. The molecule has 0 heterocycles. The van der Waals surface area contributed by atoms with Crippen molar-refractivity contribution in [2.45, 2.75) is 18.4 Å². The summed E-state index contributed by atoms with van der Waals surface area (Å²) in [6.07, 6.45) is 1.85. The normalized spacial score (nSPS) is 15.0. The Balaban J connectivity index is 1.80. The van der Waals surface area contributed by atoms with Gasteiger partial charge in [-0.2, -0.15) is 0 Å². The number of amides is 1. The molecule has 1 N–H and O–H groups in total. The maximum Gasteiger partial charge on any atom is 0.251 e. The summed E-state index contributed by atoms with van der Waals surface area (Å²) in [4.78, 5) is 12.5. The number of para-hydroxylation sites is 1. The van der Waals surface area contributed by atoms with Crippen LogP contribution < -0.4 is 14.8 Å². The number of hydrogen-bond acceptors (Lipinski definition) is 3. The van der Waals surface area contributed by atoms with Gasteiger partial charge in [0, 0.05) is 11.1 Å². The number of nitrogens with one attached hydrogen (secondary N) is 1. The van der Waals surface area contributed by atoms with Crippen molar-refractivity contribution in [3.8, 4) is 11.5 Å². The van der Waals surface area contributed by atoms with Crippen molar-refractivity contribution in [1.29, 1.82) is 0 Å². The largest absolute Gasteiger partial charge is 0.497 e. The van der Waals surface area contributed by atoms with Crippen LogP contribution in [0.3, 0.4) is 0 Å². The standard InChI is InChI=1S/C18H19NO3/c1-21-14-9-7-13(8-10-14)17(20)19-18(11-12-18)15-5-3-4-6-16(15)22-2/h3-10H,11-12H2,1-2H3,(H,19,20). The average molecular weight is 297 g/mol. The Kier molecular flexibility index (Phi) is 3.75. The summed E-state index contributed by atoms with van der Waals surface area (Å²) in [5.41, 5.74) is 1.37. The molecule has 0 unspecified atom stereocenters. The van der Waals surface area contributed by atoms with Crippen molar-refractivity contribution in [3.05, 3.63) is 59.7 Å². The smallest absolute Gasteiger partial charge is 0.251 e. The molecule has 1 aliphatic rings. The van der Waals surface area contributed by atoms with Gasteiger partial charge in [-0.3, -0.25) is 4.79 Å². The van der Waals surface area contributed by atoms with E-state index in [1.807, 2.05) is 24.3 Å². The zero-order chi connectivity index (χ0) is 15.6. The van der Waals surface area contributed by atoms with E-state index in [2.05, 4.69) is 5.32 Å². The third kappa shape index (κ3) is 2.64. The van der Waals surface area contributed by atoms with Gasteiger partial charge in [-0.15, -0.1) is 0 Å². The highest BCUT2D eigenvalue weighted by Crippen LogP contribution is 2.48. The van der Waals surface area contributed by atoms with Gasteiger partial charge in [0.1, 0.15) is 11.5 Å². The summed E-state index contributed by atoms with van der Waals surface area (Å²) in [6, 6.07) is 15.0. The van der Waals surface area contributed by atoms with Crippen molar-refractivity contribution >= 4 is 5.91 Å². The van der Waals surface area contributed by atoms with Gasteiger partial charge in [0.05, 0.1) is 19.8 Å². The molecular formula is C18H19NO3. The maximum absolute atomic E-state index is 12.5. The molecule has 22 heavy (non-hydrogen) atoms. The fourth-order valence-electron chi connectivity index (χ4n) is 2.66. The lowest BCUT2D eigenvalue weighted by atomic mass is 10.0. The number of benzene rings is 2. The Morgan fingerprint density at radius 3 is 2.27 bits per heavy atom. The molecule has 3 rings (SSSR count). The lowest BCUT2D eigenvalue weighted by Gasteiger charge is -2.20. The Hall–Kier alpha value is -2.49. The molecule has 2 aromatic carbocycles. The average Bonchev–Trinajstić information content (AvgIpc) is 3.35. The Morgan fingerprint density at radius 1 is 1.00 bits per heavy atom. The van der Waals surface area contributed by atoms with Crippen LogP contribution in [-0.4, -0.2) is 20.1 Å². The number of rotatable bonds is 5. The molecule has 0 atom stereocenters. The summed E-state index contributed by atoms with van der Waals surface area (Å²) in [5, 5.41) is 3.15. The number of methoxy groups -OCH3 is 2. The monoisotopic (exact) mass is 297 g/mol. The van der Waals surface area contributed by atoms with E-state index < -0.39 is 0 Å². The van der Waals surface area contributed by atoms with Crippen molar-refractivity contribution in [3.63, 3.8) is 0 Å². The maximum atomic E-state index is 12.5. The summed E-state index contributed by atoms with van der Waals surface area (Å²) in [5.74, 6) is 1.48. The molecule has 4 heteroatoms. The van der Waals surface area contributed by atoms with E-state index in [4.69, 9.17) is 9.47 Å². The highest BCUT2D eigenvalue weighted by molar-refractivity contribution is 5.95. The summed E-state index contributed by atoms with van der Waals surface area (Å²) >= 11 is 0. The van der Waals surface area contributed by atoms with Crippen LogP contribution in [0.2, 0.25) is 0 Å². The van der Waals surface area contributed by atoms with E-state index in [0.29, 0.717) is 5.56 Å². The molecule has 114 valence electrons. The quantitative estimate of drug-likeness (QED) is 0.922. The van der Waals surface area contributed by atoms with Crippen LogP contribution in [0.15, 0.2) is 48.5 Å². The molecule has 0 spiro atoms. The van der Waals surface area contributed by atoms with E-state index in [1.165, 1.54) is 0 Å². The summed E-state index contributed by atoms with van der Waals surface area (Å²) in [6.45, 7) is 0. The first-order valence-corrected chi connectivity index (χ1v) is 7.28. The second kappa shape index (κ2) is 5.72. The number of carbonyl (C=O) groups excluding carboxylic acids is 1. The van der Waals surface area contributed by atoms with E-state index >= 15 is 0 Å². The van der Waals surface area contributed by atoms with Crippen molar-refractivity contribution in [2.24, 2.45) is 0 Å². The minimum absolute atomic E-state index is 0.0777. The van der Waals surface area contributed by atoms with Crippen LogP contribution in [0.25, 0.3) is 0 Å². The zero-order valence-electron chi connectivity index (χ0n) is 12.8. The first-order valence-electron chi connectivity index (χ1n) is 7.28. The highest BCUT2D eigenvalue weighted by atomic mass is 16.5. The Morgan fingerprint density at radius 2 is 1.68 bits per heavy atom. The van der Waals surface area contributed by atoms with Crippen molar-refractivity contribution in [1.82, 2.24) is 5.32 Å². The van der Waals surface area contributed by atoms with Gasteiger partial charge in [0.2, 0.25) is 0 Å². The van der Waals surface area contributed by atoms with Gasteiger partial charge in [-0.25, -0.2) is 0 Å². The second-order valence-corrected chi connectivity index (χ2v) is 5.47. The summed E-state index contributed by atoms with van der Waals surface area (Å²) < 4.78 is 10.5. The van der Waals surface area contributed by atoms with Gasteiger partial charge < -0.3 is 14.8 Å². The lowest BCUT2D eigenvalue weighted by molar-refractivity contribution is 0.0930. The highest BCUT2D eigenvalue weighted by Gasteiger charge is 2.47. The molecule has 0 bridgehead atoms. The number of hydrogen-bond donors (Lipinski definition) is 1. The van der Waals surface area contributed by atoms with E-state index in [1.54, 1.807) is 38.5 Å². The van der Waals surface area contributed by atoms with Crippen LogP contribution in [0, 0.1) is 0 Å². The van der Waals surface area contributed by atoms with E-state index in [0.717, 1.165) is 29.9 Å². The number of carbonyl (C=O) groups is 1. The third-order valence-electron chi connectivity index (χ3n) is 4.08. The Bertz CT molecular complexity index is 675. The zero-order valence-corrected chi connectivity index (χ0v) is 12.8. The molecule has 2 aromatic rings. The predicted octanol–water partition coefficient (Wildman–Crippen LogP) is 3.12. The topological polar surface area (TPSA) is 47.6 Å². The second-order valence-electron chi connectivity index (χ2n) is 5.47. The van der Waals surface area contributed by atoms with E-state index in [9.17, 15) is 4.79 Å². The molecule has 0 radical (unpaired) electrons. The van der Waals surface area contributed by atoms with Crippen LogP contribution in [0.4, 0.5) is 0 Å². The molecule has 1 aliphatic carbocycles. The van der Waals surface area contributed by atoms with Gasteiger partial charge in [0.15, 0.2) is 0 Å². The molecule has 0 aliphatic heterocycles. The molecule has 4 nitrogen and oxygen atoms in total. The minimum Gasteiger partial charge on any atom is -0.497 e. The SMILES string of the molecule is COc1ccc(C(=O)NC2(c3ccccc3OC)CC2)cc1. The molecular weight excluding hydrogens is 278 g/mol. The summed E-state index contributed by atoms with van der Waals surface area (Å²) in [7, 11) is 3.26. The molecule has 1 fully saturated rings. The van der Waals surface area contributed by atoms with E-state index in [-0.39, 0.29) is 11.4 Å². The predicted molar refractivity (Wildman–Crippen MR) is 84.4 cm³/mol. The van der Waals surface area contributed by atoms with Crippen LogP contribution >= 0.6 is 0 Å². The fourth-order valence-corrected chi connectivity index (χ4v) is 2.66. The molecule has 1 amide bonds. The van der Waals surface area contributed by atoms with Crippen molar-refractivity contribution < 1.29 is 14.3 Å². The Labute approximate surface area is 130 Å². The van der Waals surface area contributed by atoms with Crippen LogP contribution in [0.1, 0.15) is 28.8 Å². The molecule has 1 saturated carbocycles. The lowest BCUT2D eigenvalue weighted by Crippen LogP contribution is -2.35. The first-order chi connectivity index (χ1) is 10.7. The van der Waals surface area contributed by atoms with Gasteiger partial charge in [-0.05, 0) is 43.2 Å². The van der Waals surface area contributed by atoms with Crippen LogP contribution in [0.5, 0.6) is 11.5 Å². The van der Waals surface area contributed by atoms with Crippen molar-refractivity contribution in [2.75, 3.05) is 14.2 Å². The number of ether oxygens (including phenoxy) is 2. The minimum atomic E-state index is -0.302. The molecule has 0 saturated heterocycles. The first kappa shape index (κ1) is 14.4. The van der Waals surface area contributed by atoms with Crippen LogP contribution in [-0.2, 0) is 5.54 Å². The van der Waals surface area contributed by atoms with Gasteiger partial charge >= 0.3 is 0 Å². The van der Waals surface area contributed by atoms with Gasteiger partial charge in [-0.1, -0.05) is 18.2 Å². The van der Waals surface area contributed by atoms with Gasteiger partial charge in [0.25, 0.3) is 5.91 Å².